The molecule has 2 aromatic rings. The van der Waals surface area contributed by atoms with Crippen LogP contribution in [0.1, 0.15) is 32.3 Å². The molecular formula is C15H22N2O3. The van der Waals surface area contributed by atoms with Gasteiger partial charge in [0.1, 0.15) is 11.3 Å². The molecule has 20 heavy (non-hydrogen) atoms. The highest BCUT2D eigenvalue weighted by atomic mass is 16.4. The van der Waals surface area contributed by atoms with Gasteiger partial charge in [0.15, 0.2) is 5.58 Å². The largest absolute Gasteiger partial charge is 0.506 e. The van der Waals surface area contributed by atoms with Gasteiger partial charge in [0.2, 0.25) is 0 Å². The maximum Gasteiger partial charge on any atom is 0.417 e. The number of rotatable bonds is 7. The zero-order chi connectivity index (χ0) is 14.5. The molecule has 0 aliphatic carbocycles. The number of aromatic nitrogens is 1. The Bertz CT molecular complexity index is 609. The van der Waals surface area contributed by atoms with Crippen molar-refractivity contribution >= 4 is 11.1 Å². The van der Waals surface area contributed by atoms with E-state index in [1.807, 2.05) is 6.07 Å². The number of fused-ring (bicyclic) bond motifs is 1. The van der Waals surface area contributed by atoms with Crippen molar-refractivity contribution in [2.45, 2.75) is 33.1 Å². The minimum Gasteiger partial charge on any atom is -0.506 e. The van der Waals surface area contributed by atoms with E-state index in [1.165, 1.54) is 0 Å². The highest BCUT2D eigenvalue weighted by molar-refractivity contribution is 5.82. The van der Waals surface area contributed by atoms with Gasteiger partial charge in [-0.3, -0.25) is 4.98 Å². The van der Waals surface area contributed by atoms with Gasteiger partial charge < -0.3 is 14.4 Å². The summed E-state index contributed by atoms with van der Waals surface area (Å²) in [5.41, 5.74) is 1.82. The van der Waals surface area contributed by atoms with Crippen molar-refractivity contribution in [1.29, 1.82) is 0 Å². The second-order valence-corrected chi connectivity index (χ2v) is 5.05. The first-order valence-corrected chi connectivity index (χ1v) is 7.21. The van der Waals surface area contributed by atoms with Crippen LogP contribution < -0.4 is 5.76 Å². The molecule has 1 aromatic carbocycles. The quantitative estimate of drug-likeness (QED) is 0.816. The summed E-state index contributed by atoms with van der Waals surface area (Å²) < 4.78 is 5.14. The van der Waals surface area contributed by atoms with Crippen molar-refractivity contribution in [2.24, 2.45) is 0 Å². The summed E-state index contributed by atoms with van der Waals surface area (Å²) in [5.74, 6) is -0.477. The number of hydrogen-bond donors (Lipinski definition) is 2. The summed E-state index contributed by atoms with van der Waals surface area (Å²) in [6.45, 7) is 7.42. The summed E-state index contributed by atoms with van der Waals surface area (Å²) in [5, 5.41) is 9.71. The fourth-order valence-electron chi connectivity index (χ4n) is 2.52. The number of nitrogens with zero attached hydrogens (tertiary/aromatic N) is 1. The molecule has 0 aliphatic heterocycles. The molecule has 0 amide bonds. The molecule has 2 rings (SSSR count). The topological polar surface area (TPSA) is 69.5 Å². The zero-order valence-corrected chi connectivity index (χ0v) is 12.1. The van der Waals surface area contributed by atoms with Gasteiger partial charge in [-0.1, -0.05) is 19.9 Å². The first kappa shape index (κ1) is 14.7. The second kappa shape index (κ2) is 6.61. The Kier molecular flexibility index (Phi) is 4.84. The zero-order valence-electron chi connectivity index (χ0n) is 12.1. The molecule has 0 fully saturated rings. The lowest BCUT2D eigenvalue weighted by Gasteiger charge is -2.20. The molecular weight excluding hydrogens is 256 g/mol. The molecule has 1 aromatic heterocycles. The number of aromatic amines is 1. The number of H-pyrrole nitrogens is 1. The van der Waals surface area contributed by atoms with Crippen LogP contribution in [0, 0.1) is 0 Å². The molecule has 2 N–H and O–H groups in total. The minimum absolute atomic E-state index is 0.0496. The molecule has 5 heteroatoms. The maximum atomic E-state index is 11.3. The van der Waals surface area contributed by atoms with Crippen molar-refractivity contribution < 1.29 is 9.52 Å². The van der Waals surface area contributed by atoms with E-state index in [1.54, 1.807) is 6.07 Å². The van der Waals surface area contributed by atoms with Gasteiger partial charge in [-0.25, -0.2) is 4.79 Å². The first-order valence-electron chi connectivity index (χ1n) is 7.21. The van der Waals surface area contributed by atoms with Crippen LogP contribution >= 0.6 is 0 Å². The van der Waals surface area contributed by atoms with Crippen LogP contribution in [-0.2, 0) is 6.42 Å². The highest BCUT2D eigenvalue weighted by Gasteiger charge is 2.12. The Hall–Kier alpha value is -1.75. The van der Waals surface area contributed by atoms with Gasteiger partial charge in [-0.2, -0.15) is 0 Å². The third-order valence-electron chi connectivity index (χ3n) is 3.42. The second-order valence-electron chi connectivity index (χ2n) is 5.05. The molecule has 0 atom stereocenters. The average Bonchev–Trinajstić information content (AvgIpc) is 2.81. The number of phenolic OH excluding ortho intramolecular Hbond substituents is 1. The van der Waals surface area contributed by atoms with Crippen LogP contribution in [0.5, 0.6) is 5.75 Å². The first-order chi connectivity index (χ1) is 9.65. The van der Waals surface area contributed by atoms with Crippen LogP contribution in [0.3, 0.4) is 0 Å². The van der Waals surface area contributed by atoms with Crippen molar-refractivity contribution in [1.82, 2.24) is 9.88 Å². The van der Waals surface area contributed by atoms with E-state index >= 15 is 0 Å². The van der Waals surface area contributed by atoms with E-state index in [-0.39, 0.29) is 5.75 Å². The Balaban J connectivity index is 2.17. The van der Waals surface area contributed by atoms with Gasteiger partial charge in [-0.05, 0) is 44.0 Å². The van der Waals surface area contributed by atoms with Crippen LogP contribution in [-0.4, -0.2) is 34.6 Å². The standard InChI is InChI=1S/C15H22N2O3/c1-3-8-17(9-4-2)10-7-11-5-6-12(18)13-14(11)20-15(19)16-13/h5-6,18H,3-4,7-10H2,1-2H3,(H,16,19). The normalized spacial score (nSPS) is 11.6. The third kappa shape index (κ3) is 3.22. The fourth-order valence-corrected chi connectivity index (χ4v) is 2.52. The van der Waals surface area contributed by atoms with E-state index in [2.05, 4.69) is 23.7 Å². The summed E-state index contributed by atoms with van der Waals surface area (Å²) in [6.07, 6.45) is 3.06. The van der Waals surface area contributed by atoms with Crippen LogP contribution in [0.2, 0.25) is 0 Å². The Labute approximate surface area is 118 Å². The summed E-state index contributed by atoms with van der Waals surface area (Å²) in [7, 11) is 0. The van der Waals surface area contributed by atoms with Crippen molar-refractivity contribution in [3.05, 3.63) is 28.2 Å². The number of nitrogens with one attached hydrogen (secondary N) is 1. The molecule has 0 saturated heterocycles. The summed E-state index contributed by atoms with van der Waals surface area (Å²) in [6, 6.07) is 3.43. The van der Waals surface area contributed by atoms with Crippen LogP contribution in [0.4, 0.5) is 0 Å². The number of benzene rings is 1. The smallest absolute Gasteiger partial charge is 0.417 e. The molecule has 1 heterocycles. The lowest BCUT2D eigenvalue weighted by Crippen LogP contribution is -2.27. The van der Waals surface area contributed by atoms with Crippen molar-refractivity contribution in [2.75, 3.05) is 19.6 Å². The molecule has 0 unspecified atom stereocenters. The third-order valence-corrected chi connectivity index (χ3v) is 3.42. The van der Waals surface area contributed by atoms with Gasteiger partial charge >= 0.3 is 5.76 Å². The van der Waals surface area contributed by atoms with Gasteiger partial charge in [0.25, 0.3) is 0 Å². The molecule has 110 valence electrons. The van der Waals surface area contributed by atoms with Crippen LogP contribution in [0.15, 0.2) is 21.3 Å². The predicted molar refractivity (Wildman–Crippen MR) is 79.2 cm³/mol. The van der Waals surface area contributed by atoms with E-state index in [0.717, 1.165) is 44.5 Å². The maximum absolute atomic E-state index is 11.3. The van der Waals surface area contributed by atoms with E-state index in [4.69, 9.17) is 4.42 Å². The lowest BCUT2D eigenvalue weighted by molar-refractivity contribution is 0.278. The van der Waals surface area contributed by atoms with Gasteiger partial charge in [-0.15, -0.1) is 0 Å². The Morgan fingerprint density at radius 2 is 1.90 bits per heavy atom. The number of hydrogen-bond acceptors (Lipinski definition) is 4. The molecule has 5 nitrogen and oxygen atoms in total. The van der Waals surface area contributed by atoms with Crippen LogP contribution in [0.25, 0.3) is 11.1 Å². The van der Waals surface area contributed by atoms with Crippen molar-refractivity contribution in [3.63, 3.8) is 0 Å². The Morgan fingerprint density at radius 1 is 1.20 bits per heavy atom. The van der Waals surface area contributed by atoms with Gasteiger partial charge in [0.05, 0.1) is 0 Å². The molecule has 0 spiro atoms. The lowest BCUT2D eigenvalue weighted by atomic mass is 10.1. The minimum atomic E-state index is -0.526. The highest BCUT2D eigenvalue weighted by Crippen LogP contribution is 2.25. The monoisotopic (exact) mass is 278 g/mol. The number of oxazole rings is 1. The van der Waals surface area contributed by atoms with E-state index in [9.17, 15) is 9.90 Å². The molecule has 0 radical (unpaired) electrons. The molecule has 0 bridgehead atoms. The Morgan fingerprint density at radius 3 is 2.55 bits per heavy atom. The summed E-state index contributed by atoms with van der Waals surface area (Å²) >= 11 is 0. The van der Waals surface area contributed by atoms with Crippen molar-refractivity contribution in [3.8, 4) is 5.75 Å². The van der Waals surface area contributed by atoms with Gasteiger partial charge in [0, 0.05) is 6.54 Å². The predicted octanol–water partition coefficient (Wildman–Crippen LogP) is 2.49. The van der Waals surface area contributed by atoms with E-state index < -0.39 is 5.76 Å². The SMILES string of the molecule is CCCN(CCC)CCc1ccc(O)c2[nH]c(=O)oc12. The molecule has 0 saturated carbocycles. The number of phenols is 1. The fraction of sp³-hybridized carbons (Fsp3) is 0.533. The number of aromatic hydroxyl groups is 1. The summed E-state index contributed by atoms with van der Waals surface area (Å²) in [4.78, 5) is 16.2. The average molecular weight is 278 g/mol. The molecule has 0 aliphatic rings. The van der Waals surface area contributed by atoms with E-state index in [0.29, 0.717) is 11.1 Å².